The third kappa shape index (κ3) is 7.46. The number of methoxy groups -OCH3 is 1. The van der Waals surface area contributed by atoms with Crippen LogP contribution in [-0.2, 0) is 14.3 Å². The van der Waals surface area contributed by atoms with E-state index in [1.54, 1.807) is 14.0 Å². The van der Waals surface area contributed by atoms with Gasteiger partial charge in [-0.25, -0.2) is 0 Å². The molecule has 0 fully saturated rings. The Morgan fingerprint density at radius 1 is 1.31 bits per heavy atom. The van der Waals surface area contributed by atoms with Crippen LogP contribution in [0.3, 0.4) is 0 Å². The Hall–Kier alpha value is -0.900. The second-order valence-electron chi connectivity index (χ2n) is 2.73. The summed E-state index contributed by atoms with van der Waals surface area (Å²) >= 11 is 0. The minimum absolute atomic E-state index is 0.0844. The van der Waals surface area contributed by atoms with Crippen molar-refractivity contribution in [3.63, 3.8) is 0 Å². The molecule has 4 heteroatoms. The first-order valence-corrected chi connectivity index (χ1v) is 4.48. The van der Waals surface area contributed by atoms with Crippen LogP contribution in [0.4, 0.5) is 0 Å². The topological polar surface area (TPSA) is 55.4 Å². The highest BCUT2D eigenvalue weighted by atomic mass is 16.5. The van der Waals surface area contributed by atoms with Gasteiger partial charge in [0.15, 0.2) is 0 Å². The zero-order valence-corrected chi connectivity index (χ0v) is 8.26. The van der Waals surface area contributed by atoms with Crippen molar-refractivity contribution in [1.82, 2.24) is 5.32 Å². The molecule has 0 aromatic heterocycles. The lowest BCUT2D eigenvalue weighted by Gasteiger charge is -2.02. The van der Waals surface area contributed by atoms with Crippen molar-refractivity contribution in [1.29, 1.82) is 0 Å². The molecule has 0 bridgehead atoms. The van der Waals surface area contributed by atoms with Gasteiger partial charge in [0, 0.05) is 32.9 Å². The number of amides is 1. The van der Waals surface area contributed by atoms with Crippen LogP contribution >= 0.6 is 0 Å². The summed E-state index contributed by atoms with van der Waals surface area (Å²) in [7, 11) is 1.58. The molecule has 0 aliphatic rings. The first-order chi connectivity index (χ1) is 6.20. The van der Waals surface area contributed by atoms with E-state index >= 15 is 0 Å². The van der Waals surface area contributed by atoms with Crippen LogP contribution in [0.1, 0.15) is 26.2 Å². The van der Waals surface area contributed by atoms with Crippen molar-refractivity contribution in [2.45, 2.75) is 26.2 Å². The minimum Gasteiger partial charge on any atom is -0.383 e. The molecule has 0 aliphatic heterocycles. The molecule has 0 heterocycles. The zero-order chi connectivity index (χ0) is 10.1. The SMILES string of the molecule is CCC(=O)CCC(=O)NCCOC. The molecule has 0 saturated carbocycles. The molecular formula is C9H17NO3. The number of hydrogen-bond donors (Lipinski definition) is 1. The van der Waals surface area contributed by atoms with Crippen molar-refractivity contribution < 1.29 is 14.3 Å². The largest absolute Gasteiger partial charge is 0.383 e. The second-order valence-corrected chi connectivity index (χ2v) is 2.73. The van der Waals surface area contributed by atoms with Crippen LogP contribution in [0.15, 0.2) is 0 Å². The van der Waals surface area contributed by atoms with E-state index in [2.05, 4.69) is 5.32 Å². The molecule has 4 nitrogen and oxygen atoms in total. The molecule has 0 radical (unpaired) electrons. The molecule has 0 atom stereocenters. The molecule has 0 rings (SSSR count). The van der Waals surface area contributed by atoms with Gasteiger partial charge in [0.05, 0.1) is 6.61 Å². The van der Waals surface area contributed by atoms with E-state index in [-0.39, 0.29) is 18.1 Å². The summed E-state index contributed by atoms with van der Waals surface area (Å²) in [6, 6.07) is 0. The summed E-state index contributed by atoms with van der Waals surface area (Å²) in [6.45, 7) is 2.81. The monoisotopic (exact) mass is 187 g/mol. The number of rotatable bonds is 7. The summed E-state index contributed by atoms with van der Waals surface area (Å²) in [4.78, 5) is 21.9. The Labute approximate surface area is 78.6 Å². The smallest absolute Gasteiger partial charge is 0.220 e. The van der Waals surface area contributed by atoms with Crippen LogP contribution in [-0.4, -0.2) is 32.0 Å². The molecule has 0 spiro atoms. The number of carbonyl (C=O) groups excluding carboxylic acids is 2. The molecule has 0 aromatic carbocycles. The average molecular weight is 187 g/mol. The number of ether oxygens (including phenoxy) is 1. The molecule has 13 heavy (non-hydrogen) atoms. The van der Waals surface area contributed by atoms with Crippen LogP contribution in [0.25, 0.3) is 0 Å². The van der Waals surface area contributed by atoms with E-state index < -0.39 is 0 Å². The summed E-state index contributed by atoms with van der Waals surface area (Å²) in [5.41, 5.74) is 0. The van der Waals surface area contributed by atoms with Crippen LogP contribution in [0.2, 0.25) is 0 Å². The van der Waals surface area contributed by atoms with E-state index in [9.17, 15) is 9.59 Å². The van der Waals surface area contributed by atoms with Gasteiger partial charge in [-0.05, 0) is 0 Å². The highest BCUT2D eigenvalue weighted by molar-refractivity contribution is 5.84. The van der Waals surface area contributed by atoms with Crippen LogP contribution in [0.5, 0.6) is 0 Å². The number of ketones is 1. The van der Waals surface area contributed by atoms with Crippen LogP contribution < -0.4 is 5.32 Å². The quantitative estimate of drug-likeness (QED) is 0.591. The first kappa shape index (κ1) is 12.1. The van der Waals surface area contributed by atoms with Gasteiger partial charge in [0.2, 0.25) is 5.91 Å². The lowest BCUT2D eigenvalue weighted by atomic mass is 10.2. The number of Topliss-reactive ketones (excluding diaryl/α,β-unsaturated/α-hetero) is 1. The third-order valence-electron chi connectivity index (χ3n) is 1.65. The van der Waals surface area contributed by atoms with Crippen LogP contribution in [0, 0.1) is 0 Å². The summed E-state index contributed by atoms with van der Waals surface area (Å²) < 4.78 is 4.76. The molecule has 0 unspecified atom stereocenters. The highest BCUT2D eigenvalue weighted by Gasteiger charge is 2.03. The Balaban J connectivity index is 3.35. The molecule has 0 saturated heterocycles. The molecule has 76 valence electrons. The summed E-state index contributed by atoms with van der Waals surface area (Å²) in [5, 5.41) is 2.65. The van der Waals surface area contributed by atoms with Crippen molar-refractivity contribution in [2.75, 3.05) is 20.3 Å². The van der Waals surface area contributed by atoms with Gasteiger partial charge >= 0.3 is 0 Å². The number of hydrogen-bond acceptors (Lipinski definition) is 3. The van der Waals surface area contributed by atoms with Crippen molar-refractivity contribution >= 4 is 11.7 Å². The zero-order valence-electron chi connectivity index (χ0n) is 8.26. The van der Waals surface area contributed by atoms with E-state index in [4.69, 9.17) is 4.74 Å². The number of carbonyl (C=O) groups is 2. The molecule has 0 aromatic rings. The van der Waals surface area contributed by atoms with E-state index in [0.29, 0.717) is 26.0 Å². The lowest BCUT2D eigenvalue weighted by molar-refractivity contribution is -0.125. The maximum atomic E-state index is 11.0. The average Bonchev–Trinajstić information content (AvgIpc) is 2.14. The van der Waals surface area contributed by atoms with Gasteiger partial charge in [-0.3, -0.25) is 9.59 Å². The normalized spacial score (nSPS) is 9.69. The van der Waals surface area contributed by atoms with Crippen molar-refractivity contribution in [3.8, 4) is 0 Å². The maximum Gasteiger partial charge on any atom is 0.220 e. The fourth-order valence-electron chi connectivity index (χ4n) is 0.811. The first-order valence-electron chi connectivity index (χ1n) is 4.48. The molecule has 1 N–H and O–H groups in total. The van der Waals surface area contributed by atoms with E-state index in [1.807, 2.05) is 0 Å². The predicted octanol–water partition coefficient (Wildman–Crippen LogP) is 0.508. The minimum atomic E-state index is -0.0844. The van der Waals surface area contributed by atoms with E-state index in [0.717, 1.165) is 0 Å². The Morgan fingerprint density at radius 3 is 2.54 bits per heavy atom. The second kappa shape index (κ2) is 7.73. The lowest BCUT2D eigenvalue weighted by Crippen LogP contribution is -2.27. The van der Waals surface area contributed by atoms with Gasteiger partial charge < -0.3 is 10.1 Å². The standard InChI is InChI=1S/C9H17NO3/c1-3-8(11)4-5-9(12)10-6-7-13-2/h3-7H2,1-2H3,(H,10,12). The highest BCUT2D eigenvalue weighted by Crippen LogP contribution is 1.93. The summed E-state index contributed by atoms with van der Waals surface area (Å²) in [6.07, 6.45) is 1.14. The number of nitrogens with one attached hydrogen (secondary N) is 1. The summed E-state index contributed by atoms with van der Waals surface area (Å²) in [5.74, 6) is 0.0424. The predicted molar refractivity (Wildman–Crippen MR) is 49.4 cm³/mol. The van der Waals surface area contributed by atoms with Gasteiger partial charge in [0.1, 0.15) is 5.78 Å². The Bertz CT molecular complexity index is 168. The van der Waals surface area contributed by atoms with Crippen molar-refractivity contribution in [2.24, 2.45) is 0 Å². The van der Waals surface area contributed by atoms with E-state index in [1.165, 1.54) is 0 Å². The van der Waals surface area contributed by atoms with Gasteiger partial charge in [-0.15, -0.1) is 0 Å². The maximum absolute atomic E-state index is 11.0. The van der Waals surface area contributed by atoms with Crippen molar-refractivity contribution in [3.05, 3.63) is 0 Å². The van der Waals surface area contributed by atoms with Gasteiger partial charge in [-0.1, -0.05) is 6.92 Å². The fraction of sp³-hybridized carbons (Fsp3) is 0.778. The molecular weight excluding hydrogens is 170 g/mol. The van der Waals surface area contributed by atoms with Gasteiger partial charge in [-0.2, -0.15) is 0 Å². The molecule has 1 amide bonds. The fourth-order valence-corrected chi connectivity index (χ4v) is 0.811. The third-order valence-corrected chi connectivity index (χ3v) is 1.65. The molecule has 0 aliphatic carbocycles. The Kier molecular flexibility index (Phi) is 7.20. The van der Waals surface area contributed by atoms with Gasteiger partial charge in [0.25, 0.3) is 0 Å². The Morgan fingerprint density at radius 2 is 2.00 bits per heavy atom.